The van der Waals surface area contributed by atoms with E-state index in [1.54, 1.807) is 36.1 Å². The molecular formula is C20H21N3O5. The summed E-state index contributed by atoms with van der Waals surface area (Å²) in [6.45, 7) is 2.65. The molecule has 2 aromatic rings. The molecule has 2 aliphatic heterocycles. The van der Waals surface area contributed by atoms with Crippen molar-refractivity contribution in [3.63, 3.8) is 0 Å². The fraction of sp³-hybridized carbons (Fsp3) is 0.350. The largest absolute Gasteiger partial charge is 0.479 e. The van der Waals surface area contributed by atoms with Crippen LogP contribution in [-0.2, 0) is 9.59 Å². The van der Waals surface area contributed by atoms with Crippen LogP contribution in [0.15, 0.2) is 41.2 Å². The first-order valence-corrected chi connectivity index (χ1v) is 9.25. The van der Waals surface area contributed by atoms with Gasteiger partial charge in [-0.25, -0.2) is 0 Å². The summed E-state index contributed by atoms with van der Waals surface area (Å²) < 4.78 is 10.5. The summed E-state index contributed by atoms with van der Waals surface area (Å²) in [4.78, 5) is 38.7. The molecule has 28 heavy (non-hydrogen) atoms. The lowest BCUT2D eigenvalue weighted by atomic mass is 9.96. The molecule has 146 valence electrons. The second-order valence-corrected chi connectivity index (χ2v) is 7.05. The van der Waals surface area contributed by atoms with Gasteiger partial charge in [-0.2, -0.15) is 0 Å². The maximum absolute atomic E-state index is 12.7. The second-order valence-electron chi connectivity index (χ2n) is 7.05. The SMILES string of the molecule is C[C@@H]1Oc2ccc(NC(=O)[C@H]3CCCN(C(=O)c4ccoc4)C3)cc2NC1=O. The van der Waals surface area contributed by atoms with Gasteiger partial charge in [0.25, 0.3) is 11.8 Å². The minimum atomic E-state index is -0.547. The van der Waals surface area contributed by atoms with Crippen molar-refractivity contribution in [3.8, 4) is 5.75 Å². The van der Waals surface area contributed by atoms with E-state index in [0.29, 0.717) is 42.2 Å². The zero-order valence-electron chi connectivity index (χ0n) is 15.4. The van der Waals surface area contributed by atoms with Gasteiger partial charge >= 0.3 is 0 Å². The predicted octanol–water partition coefficient (Wildman–Crippen LogP) is 2.49. The van der Waals surface area contributed by atoms with E-state index in [-0.39, 0.29) is 23.6 Å². The zero-order valence-corrected chi connectivity index (χ0v) is 15.4. The molecule has 3 amide bonds. The van der Waals surface area contributed by atoms with Crippen molar-refractivity contribution in [2.75, 3.05) is 23.7 Å². The number of rotatable bonds is 3. The van der Waals surface area contributed by atoms with E-state index in [0.717, 1.165) is 6.42 Å². The lowest BCUT2D eigenvalue weighted by Gasteiger charge is -2.32. The molecule has 1 aromatic heterocycles. The molecule has 1 saturated heterocycles. The van der Waals surface area contributed by atoms with Gasteiger partial charge in [0.15, 0.2) is 6.10 Å². The van der Waals surface area contributed by atoms with E-state index in [4.69, 9.17) is 9.15 Å². The number of anilines is 2. The minimum absolute atomic E-state index is 0.131. The third-order valence-electron chi connectivity index (χ3n) is 5.03. The Balaban J connectivity index is 1.41. The molecule has 1 fully saturated rings. The number of benzene rings is 1. The number of likely N-dealkylation sites (tertiary alicyclic amines) is 1. The number of hydrogen-bond donors (Lipinski definition) is 2. The molecule has 8 heteroatoms. The summed E-state index contributed by atoms with van der Waals surface area (Å²) in [6.07, 6.45) is 3.79. The second kappa shape index (κ2) is 7.38. The number of carbonyl (C=O) groups excluding carboxylic acids is 3. The number of carbonyl (C=O) groups is 3. The molecule has 3 heterocycles. The molecule has 4 rings (SSSR count). The molecule has 0 radical (unpaired) electrons. The van der Waals surface area contributed by atoms with Crippen molar-refractivity contribution in [1.82, 2.24) is 4.90 Å². The van der Waals surface area contributed by atoms with Gasteiger partial charge in [0, 0.05) is 18.8 Å². The highest BCUT2D eigenvalue weighted by atomic mass is 16.5. The van der Waals surface area contributed by atoms with E-state index in [1.807, 2.05) is 0 Å². The topological polar surface area (TPSA) is 101 Å². The minimum Gasteiger partial charge on any atom is -0.479 e. The third kappa shape index (κ3) is 3.58. The van der Waals surface area contributed by atoms with E-state index in [1.165, 1.54) is 12.5 Å². The van der Waals surface area contributed by atoms with Crippen molar-refractivity contribution in [3.05, 3.63) is 42.4 Å². The summed E-state index contributed by atoms with van der Waals surface area (Å²) >= 11 is 0. The third-order valence-corrected chi connectivity index (χ3v) is 5.03. The van der Waals surface area contributed by atoms with Crippen molar-refractivity contribution in [2.24, 2.45) is 5.92 Å². The monoisotopic (exact) mass is 383 g/mol. The standard InChI is InChI=1S/C20H21N3O5/c1-12-18(24)22-16-9-15(4-5-17(16)28-12)21-19(25)13-3-2-7-23(10-13)20(26)14-6-8-27-11-14/h4-6,8-9,11-13H,2-3,7,10H2,1H3,(H,21,25)(H,22,24)/t12-,13-/m0/s1. The molecule has 2 N–H and O–H groups in total. The summed E-state index contributed by atoms with van der Waals surface area (Å²) in [5.41, 5.74) is 1.59. The number of hydrogen-bond acceptors (Lipinski definition) is 5. The fourth-order valence-electron chi connectivity index (χ4n) is 3.48. The Hall–Kier alpha value is -3.29. The van der Waals surface area contributed by atoms with Gasteiger partial charge in [0.2, 0.25) is 5.91 Å². The highest BCUT2D eigenvalue weighted by Crippen LogP contribution is 2.32. The maximum Gasteiger partial charge on any atom is 0.265 e. The number of amides is 3. The van der Waals surface area contributed by atoms with Crippen LogP contribution >= 0.6 is 0 Å². The molecule has 0 spiro atoms. The first-order chi connectivity index (χ1) is 13.5. The number of fused-ring (bicyclic) bond motifs is 1. The summed E-state index contributed by atoms with van der Waals surface area (Å²) in [6, 6.07) is 6.75. The Kier molecular flexibility index (Phi) is 4.77. The van der Waals surface area contributed by atoms with Crippen molar-refractivity contribution in [1.29, 1.82) is 0 Å². The number of piperidine rings is 1. The first kappa shape index (κ1) is 18.1. The number of ether oxygens (including phenoxy) is 1. The van der Waals surface area contributed by atoms with Crippen LogP contribution in [0.1, 0.15) is 30.1 Å². The van der Waals surface area contributed by atoms with Crippen molar-refractivity contribution >= 4 is 29.1 Å². The van der Waals surface area contributed by atoms with Crippen LogP contribution in [-0.4, -0.2) is 41.8 Å². The van der Waals surface area contributed by atoms with Crippen molar-refractivity contribution < 1.29 is 23.5 Å². The lowest BCUT2D eigenvalue weighted by molar-refractivity contribution is -0.123. The van der Waals surface area contributed by atoms with Crippen LogP contribution in [0, 0.1) is 5.92 Å². The summed E-state index contributed by atoms with van der Waals surface area (Å²) in [7, 11) is 0. The average molecular weight is 383 g/mol. The predicted molar refractivity (Wildman–Crippen MR) is 101 cm³/mol. The molecule has 0 aliphatic carbocycles. The summed E-state index contributed by atoms with van der Waals surface area (Å²) in [5, 5.41) is 5.64. The quantitative estimate of drug-likeness (QED) is 0.848. The zero-order chi connectivity index (χ0) is 19.7. The van der Waals surface area contributed by atoms with Gasteiger partial charge in [0.1, 0.15) is 12.0 Å². The summed E-state index contributed by atoms with van der Waals surface area (Å²) in [5.74, 6) is -0.238. The Morgan fingerprint density at radius 1 is 1.29 bits per heavy atom. The number of furan rings is 1. The highest BCUT2D eigenvalue weighted by molar-refractivity contribution is 6.00. The molecule has 1 aromatic carbocycles. The molecule has 0 bridgehead atoms. The number of nitrogens with one attached hydrogen (secondary N) is 2. The van der Waals surface area contributed by atoms with E-state index in [9.17, 15) is 14.4 Å². The van der Waals surface area contributed by atoms with Crippen LogP contribution < -0.4 is 15.4 Å². The van der Waals surface area contributed by atoms with E-state index in [2.05, 4.69) is 10.6 Å². The lowest BCUT2D eigenvalue weighted by Crippen LogP contribution is -2.43. The van der Waals surface area contributed by atoms with Crippen LogP contribution in [0.4, 0.5) is 11.4 Å². The molecule has 2 atom stereocenters. The molecule has 2 aliphatic rings. The molecule has 0 unspecified atom stereocenters. The van der Waals surface area contributed by atoms with Gasteiger partial charge in [-0.1, -0.05) is 0 Å². The molecule has 8 nitrogen and oxygen atoms in total. The van der Waals surface area contributed by atoms with E-state index >= 15 is 0 Å². The maximum atomic E-state index is 12.7. The van der Waals surface area contributed by atoms with Crippen molar-refractivity contribution in [2.45, 2.75) is 25.9 Å². The normalized spacial score (nSPS) is 21.3. The Labute approximate surface area is 161 Å². The van der Waals surface area contributed by atoms with Gasteiger partial charge < -0.3 is 24.7 Å². The molecular weight excluding hydrogens is 362 g/mol. The van der Waals surface area contributed by atoms with Crippen LogP contribution in [0.2, 0.25) is 0 Å². The molecule has 0 saturated carbocycles. The fourth-order valence-corrected chi connectivity index (χ4v) is 3.48. The number of nitrogens with zero attached hydrogens (tertiary/aromatic N) is 1. The van der Waals surface area contributed by atoms with Gasteiger partial charge in [-0.15, -0.1) is 0 Å². The Morgan fingerprint density at radius 3 is 2.93 bits per heavy atom. The van der Waals surface area contributed by atoms with Crippen LogP contribution in [0.25, 0.3) is 0 Å². The van der Waals surface area contributed by atoms with Gasteiger partial charge in [0.05, 0.1) is 23.4 Å². The van der Waals surface area contributed by atoms with E-state index < -0.39 is 6.10 Å². The van der Waals surface area contributed by atoms with Crippen LogP contribution in [0.3, 0.4) is 0 Å². The average Bonchev–Trinajstić information content (AvgIpc) is 3.23. The Bertz CT molecular complexity index is 909. The van der Waals surface area contributed by atoms with Gasteiger partial charge in [-0.3, -0.25) is 14.4 Å². The smallest absolute Gasteiger partial charge is 0.265 e. The first-order valence-electron chi connectivity index (χ1n) is 9.25. The van der Waals surface area contributed by atoms with Gasteiger partial charge in [-0.05, 0) is 44.0 Å². The van der Waals surface area contributed by atoms with Crippen LogP contribution in [0.5, 0.6) is 5.75 Å². The Morgan fingerprint density at radius 2 is 2.14 bits per heavy atom. The highest BCUT2D eigenvalue weighted by Gasteiger charge is 2.30.